The molecule has 0 amide bonds. The van der Waals surface area contributed by atoms with Crippen LogP contribution >= 0.6 is 15.9 Å². The summed E-state index contributed by atoms with van der Waals surface area (Å²) in [6.07, 6.45) is 7.47. The Bertz CT molecular complexity index is 370. The number of likely N-dealkylation sites (tertiary alicyclic amines) is 1. The van der Waals surface area contributed by atoms with Crippen LogP contribution in [0.5, 0.6) is 0 Å². The SMILES string of the molecule is CC(CNc1c(N)cncc1Br)N1CCCCC1. The Labute approximate surface area is 117 Å². The molecule has 1 aromatic heterocycles. The van der Waals surface area contributed by atoms with E-state index in [9.17, 15) is 0 Å². The highest BCUT2D eigenvalue weighted by Gasteiger charge is 2.16. The molecule has 100 valence electrons. The number of hydrogen-bond acceptors (Lipinski definition) is 4. The number of rotatable bonds is 4. The fourth-order valence-electron chi connectivity index (χ4n) is 2.37. The Kier molecular flexibility index (Phi) is 4.83. The summed E-state index contributed by atoms with van der Waals surface area (Å²) in [5.74, 6) is 0. The summed E-state index contributed by atoms with van der Waals surface area (Å²) in [5, 5.41) is 3.42. The van der Waals surface area contributed by atoms with Crippen LogP contribution in [0.3, 0.4) is 0 Å². The molecule has 1 unspecified atom stereocenters. The molecule has 0 saturated carbocycles. The Hall–Kier alpha value is -0.810. The summed E-state index contributed by atoms with van der Waals surface area (Å²) in [6.45, 7) is 5.61. The monoisotopic (exact) mass is 312 g/mol. The molecule has 18 heavy (non-hydrogen) atoms. The fourth-order valence-corrected chi connectivity index (χ4v) is 2.86. The first-order valence-corrected chi connectivity index (χ1v) is 7.34. The predicted molar refractivity (Wildman–Crippen MR) is 79.7 cm³/mol. The minimum Gasteiger partial charge on any atom is -0.396 e. The van der Waals surface area contributed by atoms with E-state index in [1.165, 1.54) is 32.4 Å². The average Bonchev–Trinajstić information content (AvgIpc) is 2.39. The summed E-state index contributed by atoms with van der Waals surface area (Å²) >= 11 is 3.47. The lowest BCUT2D eigenvalue weighted by molar-refractivity contribution is 0.180. The standard InChI is InChI=1S/C13H21BrN4/c1-10(18-5-3-2-4-6-18)7-17-13-11(14)8-16-9-12(13)15/h8-10H,2-7,15H2,1H3,(H,16,17). The number of hydrogen-bond donors (Lipinski definition) is 2. The number of anilines is 2. The van der Waals surface area contributed by atoms with Crippen molar-refractivity contribution in [1.82, 2.24) is 9.88 Å². The molecule has 1 atom stereocenters. The second-order valence-corrected chi connectivity index (χ2v) is 5.77. The second-order valence-electron chi connectivity index (χ2n) is 4.91. The summed E-state index contributed by atoms with van der Waals surface area (Å²) in [6, 6.07) is 0.532. The van der Waals surface area contributed by atoms with Crippen molar-refractivity contribution in [2.24, 2.45) is 0 Å². The largest absolute Gasteiger partial charge is 0.396 e. The number of nitrogens with one attached hydrogen (secondary N) is 1. The zero-order valence-electron chi connectivity index (χ0n) is 10.8. The quantitative estimate of drug-likeness (QED) is 0.897. The maximum atomic E-state index is 5.92. The number of aromatic nitrogens is 1. The predicted octanol–water partition coefficient (Wildman–Crippen LogP) is 2.71. The van der Waals surface area contributed by atoms with Crippen LogP contribution in [0.4, 0.5) is 11.4 Å². The van der Waals surface area contributed by atoms with E-state index in [4.69, 9.17) is 5.73 Å². The maximum Gasteiger partial charge on any atom is 0.0750 e. The zero-order valence-corrected chi connectivity index (χ0v) is 12.4. The summed E-state index contributed by atoms with van der Waals surface area (Å²) in [7, 11) is 0. The van der Waals surface area contributed by atoms with Crippen molar-refractivity contribution in [3.05, 3.63) is 16.9 Å². The first-order valence-electron chi connectivity index (χ1n) is 6.55. The Balaban J connectivity index is 1.90. The van der Waals surface area contributed by atoms with E-state index in [1.807, 2.05) is 0 Å². The van der Waals surface area contributed by atoms with E-state index in [0.717, 1.165) is 16.7 Å². The van der Waals surface area contributed by atoms with Crippen LogP contribution in [0.15, 0.2) is 16.9 Å². The number of nitrogens with two attached hydrogens (primary N) is 1. The van der Waals surface area contributed by atoms with Crippen molar-refractivity contribution in [3.8, 4) is 0 Å². The summed E-state index contributed by atoms with van der Waals surface area (Å²) < 4.78 is 0.924. The van der Waals surface area contributed by atoms with Crippen molar-refractivity contribution in [2.45, 2.75) is 32.2 Å². The van der Waals surface area contributed by atoms with E-state index in [0.29, 0.717) is 11.7 Å². The fraction of sp³-hybridized carbons (Fsp3) is 0.615. The number of piperidine rings is 1. The van der Waals surface area contributed by atoms with Crippen molar-refractivity contribution in [2.75, 3.05) is 30.7 Å². The van der Waals surface area contributed by atoms with Crippen LogP contribution in [0.2, 0.25) is 0 Å². The highest BCUT2D eigenvalue weighted by atomic mass is 79.9. The van der Waals surface area contributed by atoms with Gasteiger partial charge in [-0.3, -0.25) is 9.88 Å². The molecule has 1 aromatic rings. The molecular formula is C13H21BrN4. The van der Waals surface area contributed by atoms with Crippen molar-refractivity contribution >= 4 is 27.3 Å². The van der Waals surface area contributed by atoms with E-state index < -0.39 is 0 Å². The van der Waals surface area contributed by atoms with Gasteiger partial charge in [-0.2, -0.15) is 0 Å². The molecule has 1 aliphatic rings. The lowest BCUT2D eigenvalue weighted by Crippen LogP contribution is -2.41. The molecule has 2 heterocycles. The first kappa shape index (κ1) is 13.6. The lowest BCUT2D eigenvalue weighted by Gasteiger charge is -2.32. The van der Waals surface area contributed by atoms with Gasteiger partial charge in [0.15, 0.2) is 0 Å². The molecule has 4 nitrogen and oxygen atoms in total. The molecule has 0 spiro atoms. The van der Waals surface area contributed by atoms with Gasteiger partial charge in [-0.25, -0.2) is 0 Å². The van der Waals surface area contributed by atoms with Crippen molar-refractivity contribution in [3.63, 3.8) is 0 Å². The lowest BCUT2D eigenvalue weighted by atomic mass is 10.1. The van der Waals surface area contributed by atoms with Crippen LogP contribution in [0.1, 0.15) is 26.2 Å². The second kappa shape index (κ2) is 6.38. The topological polar surface area (TPSA) is 54.2 Å². The molecule has 5 heteroatoms. The minimum absolute atomic E-state index is 0.532. The Morgan fingerprint density at radius 1 is 1.39 bits per heavy atom. The third-order valence-corrected chi connectivity index (χ3v) is 4.12. The van der Waals surface area contributed by atoms with E-state index in [1.54, 1.807) is 12.4 Å². The van der Waals surface area contributed by atoms with Crippen molar-refractivity contribution in [1.29, 1.82) is 0 Å². The first-order chi connectivity index (χ1) is 8.68. The molecule has 3 N–H and O–H groups in total. The number of halogens is 1. The van der Waals surface area contributed by atoms with Crippen molar-refractivity contribution < 1.29 is 0 Å². The Morgan fingerprint density at radius 3 is 2.78 bits per heavy atom. The maximum absolute atomic E-state index is 5.92. The highest BCUT2D eigenvalue weighted by molar-refractivity contribution is 9.10. The molecule has 1 fully saturated rings. The summed E-state index contributed by atoms with van der Waals surface area (Å²) in [4.78, 5) is 6.58. The van der Waals surface area contributed by atoms with Gasteiger partial charge in [0.2, 0.25) is 0 Å². The number of pyridine rings is 1. The molecule has 0 aliphatic carbocycles. The highest BCUT2D eigenvalue weighted by Crippen LogP contribution is 2.27. The molecule has 1 saturated heterocycles. The van der Waals surface area contributed by atoms with Gasteiger partial charge in [-0.15, -0.1) is 0 Å². The third-order valence-electron chi connectivity index (χ3n) is 3.52. The van der Waals surface area contributed by atoms with E-state index in [-0.39, 0.29) is 0 Å². The normalized spacial score (nSPS) is 18.6. The van der Waals surface area contributed by atoms with E-state index in [2.05, 4.69) is 38.1 Å². The van der Waals surface area contributed by atoms with Crippen LogP contribution in [0, 0.1) is 0 Å². The van der Waals surface area contributed by atoms with Gasteiger partial charge >= 0.3 is 0 Å². The molecule has 0 aromatic carbocycles. The summed E-state index contributed by atoms with van der Waals surface area (Å²) in [5.41, 5.74) is 7.56. The number of nitrogens with zero attached hydrogens (tertiary/aromatic N) is 2. The molecular weight excluding hydrogens is 292 g/mol. The molecule has 1 aliphatic heterocycles. The van der Waals surface area contributed by atoms with Crippen LogP contribution in [-0.4, -0.2) is 35.6 Å². The van der Waals surface area contributed by atoms with Gasteiger partial charge in [-0.05, 0) is 48.8 Å². The molecule has 0 radical (unpaired) electrons. The number of nitrogen functional groups attached to an aromatic ring is 1. The van der Waals surface area contributed by atoms with Gasteiger partial charge < -0.3 is 11.1 Å². The average molecular weight is 313 g/mol. The van der Waals surface area contributed by atoms with Gasteiger partial charge in [0.1, 0.15) is 0 Å². The smallest absolute Gasteiger partial charge is 0.0750 e. The van der Waals surface area contributed by atoms with Crippen LogP contribution < -0.4 is 11.1 Å². The molecule has 0 bridgehead atoms. The minimum atomic E-state index is 0.532. The van der Waals surface area contributed by atoms with Gasteiger partial charge in [0.25, 0.3) is 0 Å². The van der Waals surface area contributed by atoms with Crippen LogP contribution in [-0.2, 0) is 0 Å². The van der Waals surface area contributed by atoms with Gasteiger partial charge in [0, 0.05) is 18.8 Å². The van der Waals surface area contributed by atoms with Crippen LogP contribution in [0.25, 0.3) is 0 Å². The molecule has 2 rings (SSSR count). The zero-order chi connectivity index (χ0) is 13.0. The van der Waals surface area contributed by atoms with Gasteiger partial charge in [-0.1, -0.05) is 6.42 Å². The van der Waals surface area contributed by atoms with E-state index >= 15 is 0 Å². The van der Waals surface area contributed by atoms with Gasteiger partial charge in [0.05, 0.1) is 22.0 Å². The Morgan fingerprint density at radius 2 is 2.11 bits per heavy atom. The third kappa shape index (κ3) is 3.36.